The molecular weight excluding hydrogens is 134 g/mol. The summed E-state index contributed by atoms with van der Waals surface area (Å²) in [7, 11) is 0. The fourth-order valence-electron chi connectivity index (χ4n) is 0.291. The lowest BCUT2D eigenvalue weighted by Gasteiger charge is -1.94. The lowest BCUT2D eigenvalue weighted by Crippen LogP contribution is -2.03. The largest absolute Gasteiger partial charge is 0.462 e. The minimum atomic E-state index is -0.506. The van der Waals surface area contributed by atoms with Crippen molar-refractivity contribution in [1.29, 1.82) is 0 Å². The monoisotopic (exact) mass is 141 g/mol. The van der Waals surface area contributed by atoms with E-state index in [1.807, 2.05) is 0 Å². The topological polar surface area (TPSA) is 75.1 Å². The summed E-state index contributed by atoms with van der Waals surface area (Å²) in [6.45, 7) is 3.45. The van der Waals surface area contributed by atoms with E-state index in [-0.39, 0.29) is 13.2 Å². The van der Waals surface area contributed by atoms with Crippen LogP contribution in [0.3, 0.4) is 0 Å². The van der Waals surface area contributed by atoms with Gasteiger partial charge in [-0.1, -0.05) is 11.7 Å². The second kappa shape index (κ2) is 5.65. The van der Waals surface area contributed by atoms with Gasteiger partial charge in [0.2, 0.25) is 0 Å². The van der Waals surface area contributed by atoms with Crippen LogP contribution in [-0.2, 0) is 9.53 Å². The van der Waals surface area contributed by atoms with Crippen LogP contribution in [0.5, 0.6) is 0 Å². The van der Waals surface area contributed by atoms with Gasteiger partial charge in [0.15, 0.2) is 0 Å². The number of hydrogen-bond donors (Lipinski definition) is 0. The van der Waals surface area contributed by atoms with Crippen LogP contribution in [0, 0.1) is 0 Å². The van der Waals surface area contributed by atoms with Gasteiger partial charge in [0.1, 0.15) is 0 Å². The molecule has 0 heterocycles. The molecule has 5 nitrogen and oxygen atoms in total. The molecule has 0 N–H and O–H groups in total. The Bertz CT molecular complexity index is 172. The maximum atomic E-state index is 10.3. The zero-order chi connectivity index (χ0) is 7.82. The van der Waals surface area contributed by atoms with E-state index in [9.17, 15) is 4.79 Å². The van der Waals surface area contributed by atoms with Crippen LogP contribution in [0.25, 0.3) is 10.4 Å². The van der Waals surface area contributed by atoms with E-state index in [4.69, 9.17) is 5.53 Å². The predicted octanol–water partition coefficient (Wildman–Crippen LogP) is 1.03. The molecule has 0 rings (SSSR count). The number of carbonyl (C=O) groups is 1. The average Bonchev–Trinajstić information content (AvgIpc) is 1.98. The Balaban J connectivity index is 3.27. The molecular formula is C5H7N3O2. The number of ether oxygens (including phenoxy) is 1. The molecule has 54 valence electrons. The highest BCUT2D eigenvalue weighted by Gasteiger charge is 1.91. The fraction of sp³-hybridized carbons (Fsp3) is 0.400. The van der Waals surface area contributed by atoms with Crippen LogP contribution < -0.4 is 0 Å². The molecule has 0 aliphatic carbocycles. The van der Waals surface area contributed by atoms with Gasteiger partial charge in [-0.25, -0.2) is 4.79 Å². The highest BCUT2D eigenvalue weighted by Crippen LogP contribution is 1.79. The zero-order valence-corrected chi connectivity index (χ0v) is 5.36. The maximum Gasteiger partial charge on any atom is 0.330 e. The molecule has 0 atom stereocenters. The number of rotatable bonds is 4. The van der Waals surface area contributed by atoms with Gasteiger partial charge in [-0.05, 0) is 5.53 Å². The molecule has 0 aliphatic rings. The first kappa shape index (κ1) is 8.52. The third kappa shape index (κ3) is 4.67. The van der Waals surface area contributed by atoms with Gasteiger partial charge in [-0.2, -0.15) is 0 Å². The van der Waals surface area contributed by atoms with Gasteiger partial charge >= 0.3 is 5.97 Å². The molecule has 0 saturated carbocycles. The average molecular weight is 141 g/mol. The van der Waals surface area contributed by atoms with Crippen molar-refractivity contribution in [2.75, 3.05) is 13.2 Å². The van der Waals surface area contributed by atoms with E-state index >= 15 is 0 Å². The molecule has 0 aromatic heterocycles. The Labute approximate surface area is 57.9 Å². The summed E-state index contributed by atoms with van der Waals surface area (Å²) in [6.07, 6.45) is 1.05. The number of esters is 1. The van der Waals surface area contributed by atoms with Crippen molar-refractivity contribution in [3.05, 3.63) is 23.1 Å². The molecule has 10 heavy (non-hydrogen) atoms. The van der Waals surface area contributed by atoms with Crippen molar-refractivity contribution in [3.63, 3.8) is 0 Å². The van der Waals surface area contributed by atoms with Crippen LogP contribution in [0.1, 0.15) is 0 Å². The smallest absolute Gasteiger partial charge is 0.330 e. The van der Waals surface area contributed by atoms with Crippen molar-refractivity contribution in [2.24, 2.45) is 5.11 Å². The summed E-state index contributed by atoms with van der Waals surface area (Å²) in [5.41, 5.74) is 7.79. The van der Waals surface area contributed by atoms with Crippen LogP contribution in [-0.4, -0.2) is 19.1 Å². The Morgan fingerprint density at radius 3 is 3.10 bits per heavy atom. The number of carbonyl (C=O) groups excluding carboxylic acids is 1. The lowest BCUT2D eigenvalue weighted by atomic mass is 10.6. The van der Waals surface area contributed by atoms with Crippen LogP contribution in [0.2, 0.25) is 0 Å². The van der Waals surface area contributed by atoms with Crippen LogP contribution in [0.4, 0.5) is 0 Å². The van der Waals surface area contributed by atoms with Crippen molar-refractivity contribution in [3.8, 4) is 0 Å². The minimum Gasteiger partial charge on any atom is -0.462 e. The summed E-state index contributed by atoms with van der Waals surface area (Å²) < 4.78 is 4.47. The summed E-state index contributed by atoms with van der Waals surface area (Å²) >= 11 is 0. The minimum absolute atomic E-state index is 0.106. The van der Waals surface area contributed by atoms with Crippen molar-refractivity contribution < 1.29 is 9.53 Å². The molecule has 0 amide bonds. The Morgan fingerprint density at radius 2 is 2.60 bits per heavy atom. The standard InChI is InChI=1S/C5H7N3O2/c1-2-5(9)10-4-3-7-8-6/h2H,1,3-4H2. The third-order valence-corrected chi connectivity index (χ3v) is 0.666. The number of azide groups is 1. The molecule has 0 unspecified atom stereocenters. The van der Waals surface area contributed by atoms with Crippen LogP contribution >= 0.6 is 0 Å². The van der Waals surface area contributed by atoms with Crippen molar-refractivity contribution >= 4 is 5.97 Å². The number of nitrogens with zero attached hydrogens (tertiary/aromatic N) is 3. The summed E-state index contributed by atoms with van der Waals surface area (Å²) in [6, 6.07) is 0. The van der Waals surface area contributed by atoms with Gasteiger partial charge < -0.3 is 4.74 Å². The molecule has 5 heteroatoms. The first-order chi connectivity index (χ1) is 4.81. The Kier molecular flexibility index (Phi) is 4.82. The summed E-state index contributed by atoms with van der Waals surface area (Å²) in [4.78, 5) is 12.8. The van der Waals surface area contributed by atoms with Crippen molar-refractivity contribution in [2.45, 2.75) is 0 Å². The lowest BCUT2D eigenvalue weighted by molar-refractivity contribution is -0.137. The van der Waals surface area contributed by atoms with E-state index in [0.717, 1.165) is 6.08 Å². The summed E-state index contributed by atoms with van der Waals surface area (Å²) in [5.74, 6) is -0.506. The molecule has 0 aliphatic heterocycles. The SMILES string of the molecule is C=CC(=O)OCCN=[N+]=[N-]. The van der Waals surface area contributed by atoms with E-state index in [2.05, 4.69) is 21.3 Å². The van der Waals surface area contributed by atoms with E-state index < -0.39 is 5.97 Å². The molecule has 0 radical (unpaired) electrons. The second-order valence-corrected chi connectivity index (χ2v) is 1.33. The molecule has 0 aromatic carbocycles. The zero-order valence-electron chi connectivity index (χ0n) is 5.36. The first-order valence-electron chi connectivity index (χ1n) is 2.61. The number of hydrogen-bond acceptors (Lipinski definition) is 3. The molecule has 0 spiro atoms. The normalized spacial score (nSPS) is 7.60. The third-order valence-electron chi connectivity index (χ3n) is 0.666. The predicted molar refractivity (Wildman–Crippen MR) is 35.2 cm³/mol. The van der Waals surface area contributed by atoms with Gasteiger partial charge in [-0.3, -0.25) is 0 Å². The summed E-state index contributed by atoms with van der Waals surface area (Å²) in [5, 5.41) is 3.15. The maximum absolute atomic E-state index is 10.3. The highest BCUT2D eigenvalue weighted by molar-refractivity contribution is 5.81. The Morgan fingerprint density at radius 1 is 1.90 bits per heavy atom. The molecule has 0 saturated heterocycles. The molecule has 0 bridgehead atoms. The highest BCUT2D eigenvalue weighted by atomic mass is 16.5. The van der Waals surface area contributed by atoms with Gasteiger partial charge in [0, 0.05) is 11.0 Å². The van der Waals surface area contributed by atoms with Crippen LogP contribution in [0.15, 0.2) is 17.8 Å². The van der Waals surface area contributed by atoms with Gasteiger partial charge in [0.25, 0.3) is 0 Å². The van der Waals surface area contributed by atoms with Crippen molar-refractivity contribution in [1.82, 2.24) is 0 Å². The van der Waals surface area contributed by atoms with E-state index in [0.29, 0.717) is 0 Å². The second-order valence-electron chi connectivity index (χ2n) is 1.33. The van der Waals surface area contributed by atoms with E-state index in [1.165, 1.54) is 0 Å². The fourth-order valence-corrected chi connectivity index (χ4v) is 0.291. The van der Waals surface area contributed by atoms with E-state index in [1.54, 1.807) is 0 Å². The van der Waals surface area contributed by atoms with Gasteiger partial charge in [0.05, 0.1) is 13.2 Å². The first-order valence-corrected chi connectivity index (χ1v) is 2.61. The van der Waals surface area contributed by atoms with Gasteiger partial charge in [-0.15, -0.1) is 0 Å². The molecule has 0 fully saturated rings. The molecule has 0 aromatic rings. The Hall–Kier alpha value is -1.48. The quantitative estimate of drug-likeness (QED) is 0.146.